The fourth-order valence-electron chi connectivity index (χ4n) is 1.95. The summed E-state index contributed by atoms with van der Waals surface area (Å²) in [4.78, 5) is 11.8. The Hall–Kier alpha value is -2.00. The highest BCUT2D eigenvalue weighted by Crippen LogP contribution is 2.26. The number of para-hydroxylation sites is 1. The minimum absolute atomic E-state index is 0.144. The van der Waals surface area contributed by atoms with E-state index in [1.165, 1.54) is 0 Å². The molecule has 2 aromatic rings. The maximum Gasteiger partial charge on any atom is 0.349 e. The van der Waals surface area contributed by atoms with Gasteiger partial charge in [0.05, 0.1) is 0 Å². The zero-order chi connectivity index (χ0) is 15.4. The van der Waals surface area contributed by atoms with Crippen molar-refractivity contribution in [3.05, 3.63) is 58.1 Å². The molecule has 2 aromatic carbocycles. The molecule has 4 heteroatoms. The van der Waals surface area contributed by atoms with Gasteiger partial charge in [0.2, 0.25) is 0 Å². The molecular formula is C17H17ClO3. The molecule has 0 unspecified atom stereocenters. The van der Waals surface area contributed by atoms with Crippen molar-refractivity contribution < 1.29 is 14.3 Å². The van der Waals surface area contributed by atoms with Crippen LogP contribution in [0, 0.1) is 20.8 Å². The number of esters is 1. The van der Waals surface area contributed by atoms with Crippen molar-refractivity contribution in [3.8, 4) is 11.5 Å². The molecule has 0 bridgehead atoms. The van der Waals surface area contributed by atoms with E-state index in [1.807, 2.05) is 39.0 Å². The van der Waals surface area contributed by atoms with Gasteiger partial charge in [-0.3, -0.25) is 0 Å². The van der Waals surface area contributed by atoms with E-state index >= 15 is 0 Å². The molecule has 0 saturated heterocycles. The van der Waals surface area contributed by atoms with Gasteiger partial charge in [0.15, 0.2) is 6.61 Å². The van der Waals surface area contributed by atoms with Gasteiger partial charge in [-0.05, 0) is 55.7 Å². The van der Waals surface area contributed by atoms with Crippen LogP contribution in [-0.2, 0) is 4.79 Å². The quantitative estimate of drug-likeness (QED) is 0.626. The lowest BCUT2D eigenvalue weighted by Crippen LogP contribution is -2.18. The molecule has 21 heavy (non-hydrogen) atoms. The van der Waals surface area contributed by atoms with E-state index in [0.29, 0.717) is 16.5 Å². The van der Waals surface area contributed by atoms with Crippen LogP contribution in [-0.4, -0.2) is 12.6 Å². The van der Waals surface area contributed by atoms with Crippen LogP contribution in [0.5, 0.6) is 11.5 Å². The number of carbonyl (C=O) groups is 1. The first-order chi connectivity index (χ1) is 9.97. The fraction of sp³-hybridized carbons (Fsp3) is 0.235. The molecule has 2 rings (SSSR count). The van der Waals surface area contributed by atoms with Crippen LogP contribution >= 0.6 is 11.6 Å². The summed E-state index contributed by atoms with van der Waals surface area (Å²) in [5, 5.41) is 0.713. The molecule has 0 radical (unpaired) electrons. The Balaban J connectivity index is 1.97. The Morgan fingerprint density at radius 3 is 2.29 bits per heavy atom. The second kappa shape index (κ2) is 6.64. The summed E-state index contributed by atoms with van der Waals surface area (Å²) in [5.74, 6) is 0.722. The van der Waals surface area contributed by atoms with Crippen molar-refractivity contribution in [1.29, 1.82) is 0 Å². The number of hydrogen-bond acceptors (Lipinski definition) is 3. The Morgan fingerprint density at radius 2 is 1.67 bits per heavy atom. The molecule has 0 heterocycles. The third-order valence-corrected chi connectivity index (χ3v) is 3.68. The number of halogens is 1. The first kappa shape index (κ1) is 15.4. The summed E-state index contributed by atoms with van der Waals surface area (Å²) in [7, 11) is 0. The first-order valence-corrected chi connectivity index (χ1v) is 7.01. The largest absolute Gasteiger partial charge is 0.482 e. The molecule has 0 spiro atoms. The predicted molar refractivity (Wildman–Crippen MR) is 83.2 cm³/mol. The predicted octanol–water partition coefficient (Wildman–Crippen LogP) is 4.25. The minimum atomic E-state index is -0.436. The van der Waals surface area contributed by atoms with Crippen LogP contribution in [0.25, 0.3) is 0 Å². The van der Waals surface area contributed by atoms with Crippen LogP contribution in [0.4, 0.5) is 0 Å². The molecule has 0 aromatic heterocycles. The fourth-order valence-corrected chi connectivity index (χ4v) is 2.06. The van der Waals surface area contributed by atoms with Gasteiger partial charge in [-0.2, -0.15) is 0 Å². The van der Waals surface area contributed by atoms with E-state index in [-0.39, 0.29) is 6.61 Å². The SMILES string of the molecule is Cc1ccccc1OC(=O)COc1cc(C)c(Cl)c(C)c1. The maximum absolute atomic E-state index is 11.8. The summed E-state index contributed by atoms with van der Waals surface area (Å²) >= 11 is 6.09. The van der Waals surface area contributed by atoms with Crippen molar-refractivity contribution in [2.24, 2.45) is 0 Å². The van der Waals surface area contributed by atoms with Gasteiger partial charge in [0.1, 0.15) is 11.5 Å². The van der Waals surface area contributed by atoms with Gasteiger partial charge in [-0.15, -0.1) is 0 Å². The number of ether oxygens (including phenoxy) is 2. The summed E-state index contributed by atoms with van der Waals surface area (Å²) < 4.78 is 10.7. The smallest absolute Gasteiger partial charge is 0.349 e. The van der Waals surface area contributed by atoms with E-state index in [2.05, 4.69) is 0 Å². The second-order valence-electron chi connectivity index (χ2n) is 4.90. The van der Waals surface area contributed by atoms with E-state index in [9.17, 15) is 4.79 Å². The van der Waals surface area contributed by atoms with E-state index in [0.717, 1.165) is 16.7 Å². The Bertz CT molecular complexity index is 642. The first-order valence-electron chi connectivity index (χ1n) is 6.63. The van der Waals surface area contributed by atoms with Gasteiger partial charge in [0.25, 0.3) is 0 Å². The highest BCUT2D eigenvalue weighted by Gasteiger charge is 2.09. The molecule has 0 aliphatic carbocycles. The standard InChI is InChI=1S/C17H17ClO3/c1-11-6-4-5-7-15(11)21-16(19)10-20-14-8-12(2)17(18)13(3)9-14/h4-9H,10H2,1-3H3. The van der Waals surface area contributed by atoms with Crippen LogP contribution in [0.1, 0.15) is 16.7 Å². The third-order valence-electron chi connectivity index (χ3n) is 3.08. The Labute approximate surface area is 129 Å². The highest BCUT2D eigenvalue weighted by atomic mass is 35.5. The second-order valence-corrected chi connectivity index (χ2v) is 5.28. The zero-order valence-electron chi connectivity index (χ0n) is 12.3. The Morgan fingerprint density at radius 1 is 1.05 bits per heavy atom. The highest BCUT2D eigenvalue weighted by molar-refractivity contribution is 6.32. The summed E-state index contributed by atoms with van der Waals surface area (Å²) in [6.45, 7) is 5.53. The number of benzene rings is 2. The van der Waals surface area contributed by atoms with Crippen molar-refractivity contribution in [3.63, 3.8) is 0 Å². The van der Waals surface area contributed by atoms with E-state index < -0.39 is 5.97 Å². The van der Waals surface area contributed by atoms with Crippen LogP contribution in [0.15, 0.2) is 36.4 Å². The lowest BCUT2D eigenvalue weighted by atomic mass is 10.1. The van der Waals surface area contributed by atoms with Gasteiger partial charge >= 0.3 is 5.97 Å². The average Bonchev–Trinajstić information content (AvgIpc) is 2.45. The van der Waals surface area contributed by atoms with Gasteiger partial charge in [-0.1, -0.05) is 29.8 Å². The molecule has 0 aliphatic rings. The molecule has 0 amide bonds. The third kappa shape index (κ3) is 3.99. The lowest BCUT2D eigenvalue weighted by molar-refractivity contribution is -0.136. The van der Waals surface area contributed by atoms with Gasteiger partial charge in [-0.25, -0.2) is 4.79 Å². The maximum atomic E-state index is 11.8. The molecule has 3 nitrogen and oxygen atoms in total. The molecule has 0 atom stereocenters. The monoisotopic (exact) mass is 304 g/mol. The van der Waals surface area contributed by atoms with Gasteiger partial charge < -0.3 is 9.47 Å². The van der Waals surface area contributed by atoms with Gasteiger partial charge in [0, 0.05) is 5.02 Å². The Kier molecular flexibility index (Phi) is 4.86. The molecule has 0 N–H and O–H groups in total. The number of carbonyl (C=O) groups excluding carboxylic acids is 1. The summed E-state index contributed by atoms with van der Waals surface area (Å²) in [6.07, 6.45) is 0. The summed E-state index contributed by atoms with van der Waals surface area (Å²) in [5.41, 5.74) is 2.74. The van der Waals surface area contributed by atoms with Crippen LogP contribution in [0.3, 0.4) is 0 Å². The molecule has 0 aliphatic heterocycles. The minimum Gasteiger partial charge on any atom is -0.482 e. The number of aryl methyl sites for hydroxylation is 3. The number of hydrogen-bond donors (Lipinski definition) is 0. The molecule has 110 valence electrons. The van der Waals surface area contributed by atoms with Crippen molar-refractivity contribution in [2.75, 3.05) is 6.61 Å². The number of rotatable bonds is 4. The van der Waals surface area contributed by atoms with E-state index in [4.69, 9.17) is 21.1 Å². The van der Waals surface area contributed by atoms with Crippen LogP contribution < -0.4 is 9.47 Å². The normalized spacial score (nSPS) is 10.3. The summed E-state index contributed by atoms with van der Waals surface area (Å²) in [6, 6.07) is 11.0. The van der Waals surface area contributed by atoms with Crippen LogP contribution in [0.2, 0.25) is 5.02 Å². The lowest BCUT2D eigenvalue weighted by Gasteiger charge is -2.10. The van der Waals surface area contributed by atoms with Crippen molar-refractivity contribution in [2.45, 2.75) is 20.8 Å². The molecular weight excluding hydrogens is 288 g/mol. The van der Waals surface area contributed by atoms with Crippen molar-refractivity contribution >= 4 is 17.6 Å². The molecule has 0 saturated carbocycles. The zero-order valence-corrected chi connectivity index (χ0v) is 13.0. The average molecular weight is 305 g/mol. The molecule has 0 fully saturated rings. The van der Waals surface area contributed by atoms with Crippen molar-refractivity contribution in [1.82, 2.24) is 0 Å². The topological polar surface area (TPSA) is 35.5 Å². The van der Waals surface area contributed by atoms with E-state index in [1.54, 1.807) is 18.2 Å².